The average Bonchev–Trinajstić information content (AvgIpc) is 2.55. The van der Waals surface area contributed by atoms with E-state index >= 15 is 0 Å². The molecule has 0 aliphatic heterocycles. The second-order valence-electron chi connectivity index (χ2n) is 7.57. The Morgan fingerprint density at radius 3 is 2.22 bits per heavy atom. The normalized spacial score (nSPS) is 14.4. The van der Waals surface area contributed by atoms with Crippen LogP contribution < -0.4 is 10.6 Å². The predicted molar refractivity (Wildman–Crippen MR) is 110 cm³/mol. The topological polar surface area (TPSA) is 113 Å². The molecular weight excluding hydrogens is 390 g/mol. The van der Waals surface area contributed by atoms with Gasteiger partial charge in [0.05, 0.1) is 39.5 Å². The molecule has 0 rings (SSSR count). The fourth-order valence-corrected chi connectivity index (χ4v) is 3.36. The van der Waals surface area contributed by atoms with Gasteiger partial charge < -0.3 is 15.1 Å². The van der Waals surface area contributed by atoms with Crippen molar-refractivity contribution in [3.8, 4) is 0 Å². The number of rotatable bonds is 14. The number of hydrogen-bond acceptors (Lipinski definition) is 5. The molecule has 10 heteroatoms. The van der Waals surface area contributed by atoms with E-state index in [2.05, 4.69) is 23.3 Å². The number of thiol groups is 1. The fraction of sp³-hybridized carbons (Fsp3) is 0.882. The lowest BCUT2D eigenvalue weighted by atomic mass is 9.92. The third kappa shape index (κ3) is 13.0. The predicted octanol–water partition coefficient (Wildman–Crippen LogP) is 0.555. The minimum atomic E-state index is -3.94. The number of quaternary nitrogens is 1. The van der Waals surface area contributed by atoms with Gasteiger partial charge in [0.2, 0.25) is 11.8 Å². The highest BCUT2D eigenvalue weighted by Crippen LogP contribution is 2.16. The van der Waals surface area contributed by atoms with E-state index in [9.17, 15) is 18.0 Å². The molecule has 8 nitrogen and oxygen atoms in total. The summed E-state index contributed by atoms with van der Waals surface area (Å²) in [5, 5.41) is 5.70. The van der Waals surface area contributed by atoms with Crippen molar-refractivity contribution in [2.45, 2.75) is 33.1 Å². The van der Waals surface area contributed by atoms with E-state index in [0.29, 0.717) is 55.7 Å². The Bertz CT molecular complexity index is 567. The molecule has 0 aromatic rings. The van der Waals surface area contributed by atoms with Gasteiger partial charge in [0.1, 0.15) is 0 Å². The summed E-state index contributed by atoms with van der Waals surface area (Å²) < 4.78 is 30.9. The second kappa shape index (κ2) is 12.6. The van der Waals surface area contributed by atoms with Crippen LogP contribution >= 0.6 is 12.6 Å². The summed E-state index contributed by atoms with van der Waals surface area (Å²) in [6.45, 7) is 5.95. The summed E-state index contributed by atoms with van der Waals surface area (Å²) >= 11 is 4.06. The number of carbonyl (C=O) groups is 2. The molecule has 0 aliphatic rings. The molecule has 2 unspecified atom stereocenters. The van der Waals surface area contributed by atoms with Crippen LogP contribution in [0.4, 0.5) is 0 Å². The van der Waals surface area contributed by atoms with Gasteiger partial charge in [-0.15, -0.1) is 0 Å². The van der Waals surface area contributed by atoms with Crippen LogP contribution in [0.2, 0.25) is 0 Å². The summed E-state index contributed by atoms with van der Waals surface area (Å²) in [7, 11) is -0.0450. The van der Waals surface area contributed by atoms with E-state index in [4.69, 9.17) is 4.55 Å². The first kappa shape index (κ1) is 26.2. The number of nitrogens with zero attached hydrogens (tertiary/aromatic N) is 1. The van der Waals surface area contributed by atoms with E-state index in [1.165, 1.54) is 0 Å². The van der Waals surface area contributed by atoms with Crippen LogP contribution in [0.1, 0.15) is 33.1 Å². The number of carbonyl (C=O) groups excluding carboxylic acids is 2. The van der Waals surface area contributed by atoms with Crippen molar-refractivity contribution in [1.82, 2.24) is 10.6 Å². The van der Waals surface area contributed by atoms with E-state index in [1.807, 2.05) is 27.9 Å². The van der Waals surface area contributed by atoms with Crippen LogP contribution in [0, 0.1) is 11.8 Å². The van der Waals surface area contributed by atoms with Crippen LogP contribution in [0.3, 0.4) is 0 Å². The number of likely N-dealkylation sites (N-methyl/N-ethyl adjacent to an activating group) is 1. The molecule has 0 radical (unpaired) electrons. The van der Waals surface area contributed by atoms with Crippen molar-refractivity contribution in [3.05, 3.63) is 0 Å². The maximum Gasteiger partial charge on any atom is 0.265 e. The molecule has 3 N–H and O–H groups in total. The average molecular weight is 427 g/mol. The number of nitrogens with one attached hydrogen (secondary N) is 2. The zero-order valence-corrected chi connectivity index (χ0v) is 18.6. The first-order valence-corrected chi connectivity index (χ1v) is 11.6. The highest BCUT2D eigenvalue weighted by atomic mass is 32.2. The molecule has 0 aromatic carbocycles. The van der Waals surface area contributed by atoms with Crippen molar-refractivity contribution in [1.29, 1.82) is 0 Å². The molecule has 0 fully saturated rings. The Kier molecular flexibility index (Phi) is 12.2. The van der Waals surface area contributed by atoms with Crippen LogP contribution in [0.25, 0.3) is 0 Å². The third-order valence-electron chi connectivity index (χ3n) is 4.54. The SMILES string of the molecule is CCC(CC(C)C(=O)NCCS)C(=O)NCC[N+](C)(C)CCCS(=O)(=O)O. The van der Waals surface area contributed by atoms with Gasteiger partial charge in [-0.2, -0.15) is 21.0 Å². The van der Waals surface area contributed by atoms with Crippen molar-refractivity contribution >= 4 is 34.6 Å². The maximum atomic E-state index is 12.4. The summed E-state index contributed by atoms with van der Waals surface area (Å²) in [4.78, 5) is 24.4. The lowest BCUT2D eigenvalue weighted by Gasteiger charge is -2.30. The van der Waals surface area contributed by atoms with Gasteiger partial charge in [0.15, 0.2) is 0 Å². The highest BCUT2D eigenvalue weighted by Gasteiger charge is 2.24. The molecule has 0 aromatic heterocycles. The first-order valence-electron chi connectivity index (χ1n) is 9.35. The van der Waals surface area contributed by atoms with Crippen LogP contribution in [0.15, 0.2) is 0 Å². The molecule has 2 atom stereocenters. The molecule has 0 bridgehead atoms. The Morgan fingerprint density at radius 1 is 1.11 bits per heavy atom. The van der Waals surface area contributed by atoms with E-state index in [-0.39, 0.29) is 29.4 Å². The quantitative estimate of drug-likeness (QED) is 0.184. The zero-order valence-electron chi connectivity index (χ0n) is 16.9. The van der Waals surface area contributed by atoms with Crippen molar-refractivity contribution in [3.63, 3.8) is 0 Å². The fourth-order valence-electron chi connectivity index (χ4n) is 2.76. The van der Waals surface area contributed by atoms with Gasteiger partial charge in [0, 0.05) is 30.6 Å². The number of hydrogen-bond donors (Lipinski definition) is 4. The zero-order chi connectivity index (χ0) is 21.1. The van der Waals surface area contributed by atoms with Crippen LogP contribution in [-0.4, -0.2) is 81.0 Å². The monoisotopic (exact) mass is 426 g/mol. The molecule has 0 heterocycles. The van der Waals surface area contributed by atoms with Gasteiger partial charge in [0.25, 0.3) is 10.1 Å². The summed E-state index contributed by atoms with van der Waals surface area (Å²) in [5.74, 6) is -0.276. The van der Waals surface area contributed by atoms with Gasteiger partial charge >= 0.3 is 0 Å². The Labute approximate surface area is 169 Å². The van der Waals surface area contributed by atoms with E-state index < -0.39 is 10.1 Å². The summed E-state index contributed by atoms with van der Waals surface area (Å²) in [6, 6.07) is 0. The van der Waals surface area contributed by atoms with Gasteiger partial charge in [-0.05, 0) is 12.8 Å². The molecule has 0 aliphatic carbocycles. The molecule has 0 spiro atoms. The molecule has 27 heavy (non-hydrogen) atoms. The van der Waals surface area contributed by atoms with Crippen molar-refractivity contribution in [2.24, 2.45) is 11.8 Å². The molecule has 0 saturated heterocycles. The van der Waals surface area contributed by atoms with Gasteiger partial charge in [-0.25, -0.2) is 0 Å². The van der Waals surface area contributed by atoms with Gasteiger partial charge in [-0.3, -0.25) is 14.1 Å². The molecule has 160 valence electrons. The molecule has 2 amide bonds. The Morgan fingerprint density at radius 2 is 1.70 bits per heavy atom. The third-order valence-corrected chi connectivity index (χ3v) is 5.57. The largest absolute Gasteiger partial charge is 0.355 e. The van der Waals surface area contributed by atoms with Crippen molar-refractivity contribution < 1.29 is 27.0 Å². The van der Waals surface area contributed by atoms with Gasteiger partial charge in [-0.1, -0.05) is 13.8 Å². The highest BCUT2D eigenvalue weighted by molar-refractivity contribution is 7.85. The Hall–Kier alpha value is -0.840. The molecular formula is C17H36N3O5S2+. The van der Waals surface area contributed by atoms with E-state index in [1.54, 1.807) is 0 Å². The lowest BCUT2D eigenvalue weighted by molar-refractivity contribution is -0.889. The van der Waals surface area contributed by atoms with Crippen LogP contribution in [-0.2, 0) is 19.7 Å². The number of amides is 2. The van der Waals surface area contributed by atoms with E-state index in [0.717, 1.165) is 0 Å². The minimum Gasteiger partial charge on any atom is -0.355 e. The smallest absolute Gasteiger partial charge is 0.265 e. The standard InChI is InChI=1S/C17H35N3O5S2/c1-5-15(13-14(2)16(21)19-8-11-26)17(22)18-7-10-20(3,4)9-6-12-27(23,24)25/h14-15H,5-13H2,1-4H3,(H3-,18,19,21,22,23,24,25,26)/p+1. The van der Waals surface area contributed by atoms with Crippen LogP contribution in [0.5, 0.6) is 0 Å². The summed E-state index contributed by atoms with van der Waals surface area (Å²) in [6.07, 6.45) is 1.51. The van der Waals surface area contributed by atoms with Crippen molar-refractivity contribution in [2.75, 3.05) is 51.8 Å². The lowest BCUT2D eigenvalue weighted by Crippen LogP contribution is -2.47. The Balaban J connectivity index is 4.34. The second-order valence-corrected chi connectivity index (χ2v) is 9.59. The minimum absolute atomic E-state index is 0.0630. The molecule has 0 saturated carbocycles. The first-order chi connectivity index (χ1) is 12.4. The maximum absolute atomic E-state index is 12.4. The summed E-state index contributed by atoms with van der Waals surface area (Å²) in [5.41, 5.74) is 0.